The summed E-state index contributed by atoms with van der Waals surface area (Å²) in [6, 6.07) is 25.7. The summed E-state index contributed by atoms with van der Waals surface area (Å²) < 4.78 is 6.13. The van der Waals surface area contributed by atoms with Crippen LogP contribution in [-0.4, -0.2) is 5.60 Å². The summed E-state index contributed by atoms with van der Waals surface area (Å²) in [5.74, 6) is 14.3. The third-order valence-corrected chi connectivity index (χ3v) is 8.73. The highest BCUT2D eigenvalue weighted by molar-refractivity contribution is 7.13. The largest absolute Gasteiger partial charge is 0.483 e. The lowest BCUT2D eigenvalue weighted by Gasteiger charge is -2.28. The predicted molar refractivity (Wildman–Crippen MR) is 174 cm³/mol. The molecule has 1 aliphatic carbocycles. The quantitative estimate of drug-likeness (QED) is 0.176. The first-order chi connectivity index (χ1) is 19.7. The second-order valence-electron chi connectivity index (χ2n) is 12.2. The molecule has 1 aliphatic heterocycles. The van der Waals surface area contributed by atoms with Crippen molar-refractivity contribution in [3.8, 4) is 29.4 Å². The standard InChI is InChI=1S/C39H30OS/c1-38(2)21-19-35-30(25-38)10-9-28-23-26(7-16-33(28)35)5-12-31-14-15-32(41-31)13-6-27-8-17-34-29(24-27)11-18-37-36(34)20-22-39(3,4)40-37/h7-11,14-24H,25H2,1-4H3. The van der Waals surface area contributed by atoms with E-state index in [0.717, 1.165) is 44.0 Å². The van der Waals surface area contributed by atoms with Crippen LogP contribution in [0.4, 0.5) is 0 Å². The van der Waals surface area contributed by atoms with Crippen LogP contribution in [0, 0.1) is 29.1 Å². The molecule has 0 saturated carbocycles. The van der Waals surface area contributed by atoms with Gasteiger partial charge in [0.25, 0.3) is 0 Å². The van der Waals surface area contributed by atoms with Crippen molar-refractivity contribution in [2.24, 2.45) is 5.41 Å². The minimum Gasteiger partial charge on any atom is -0.483 e. The second kappa shape index (κ2) is 9.55. The lowest BCUT2D eigenvalue weighted by atomic mass is 9.78. The minimum absolute atomic E-state index is 0.219. The van der Waals surface area contributed by atoms with Crippen molar-refractivity contribution >= 4 is 45.0 Å². The molecule has 1 nitrogen and oxygen atoms in total. The number of rotatable bonds is 0. The van der Waals surface area contributed by atoms with Crippen molar-refractivity contribution in [1.82, 2.24) is 0 Å². The van der Waals surface area contributed by atoms with E-state index in [2.05, 4.69) is 148 Å². The zero-order valence-corrected chi connectivity index (χ0v) is 24.6. The fraction of sp³-hybridized carbons (Fsp3) is 0.179. The van der Waals surface area contributed by atoms with Crippen LogP contribution in [0.1, 0.15) is 65.3 Å². The van der Waals surface area contributed by atoms with E-state index in [0.29, 0.717) is 0 Å². The number of ether oxygens (including phenoxy) is 1. The summed E-state index contributed by atoms with van der Waals surface area (Å²) >= 11 is 1.63. The summed E-state index contributed by atoms with van der Waals surface area (Å²) in [5.41, 5.74) is 5.88. The van der Waals surface area contributed by atoms with Crippen LogP contribution in [-0.2, 0) is 6.42 Å². The van der Waals surface area contributed by atoms with Crippen molar-refractivity contribution in [2.75, 3.05) is 0 Å². The van der Waals surface area contributed by atoms with Crippen LogP contribution in [0.25, 0.3) is 33.7 Å². The van der Waals surface area contributed by atoms with Gasteiger partial charge in [0, 0.05) is 16.7 Å². The Morgan fingerprint density at radius 1 is 0.634 bits per heavy atom. The van der Waals surface area contributed by atoms with E-state index in [-0.39, 0.29) is 11.0 Å². The summed E-state index contributed by atoms with van der Waals surface area (Å²) in [5, 5.41) is 4.89. The minimum atomic E-state index is -0.277. The van der Waals surface area contributed by atoms with Crippen LogP contribution in [0.15, 0.2) is 84.9 Å². The lowest BCUT2D eigenvalue weighted by Crippen LogP contribution is -2.27. The molecule has 0 unspecified atom stereocenters. The molecule has 2 heteroatoms. The molecule has 0 saturated heterocycles. The van der Waals surface area contributed by atoms with Crippen molar-refractivity contribution in [1.29, 1.82) is 0 Å². The Morgan fingerprint density at radius 2 is 1.24 bits per heavy atom. The van der Waals surface area contributed by atoms with Crippen molar-refractivity contribution in [2.45, 2.75) is 39.7 Å². The molecular formula is C39H30OS. The van der Waals surface area contributed by atoms with Crippen LogP contribution in [0.5, 0.6) is 5.75 Å². The summed E-state index contributed by atoms with van der Waals surface area (Å²) in [6.45, 7) is 8.73. The average Bonchev–Trinajstić information content (AvgIpc) is 3.41. The highest BCUT2D eigenvalue weighted by atomic mass is 32.1. The highest BCUT2D eigenvalue weighted by Crippen LogP contribution is 2.37. The Morgan fingerprint density at radius 3 is 1.93 bits per heavy atom. The van der Waals surface area contributed by atoms with E-state index in [9.17, 15) is 0 Å². The number of thiophene rings is 1. The smallest absolute Gasteiger partial charge is 0.128 e. The van der Waals surface area contributed by atoms with E-state index in [1.807, 2.05) is 0 Å². The predicted octanol–water partition coefficient (Wildman–Crippen LogP) is 9.63. The third kappa shape index (κ3) is 5.09. The molecule has 41 heavy (non-hydrogen) atoms. The molecule has 0 bridgehead atoms. The number of benzene rings is 4. The molecule has 5 aromatic rings. The van der Waals surface area contributed by atoms with E-state index in [1.165, 1.54) is 27.3 Å². The normalized spacial score (nSPS) is 15.7. The monoisotopic (exact) mass is 546 g/mol. The fourth-order valence-corrected chi connectivity index (χ4v) is 6.41. The van der Waals surface area contributed by atoms with Crippen LogP contribution in [0.2, 0.25) is 0 Å². The summed E-state index contributed by atoms with van der Waals surface area (Å²) in [4.78, 5) is 2.03. The molecule has 0 radical (unpaired) electrons. The van der Waals surface area contributed by atoms with Gasteiger partial charge in [0.2, 0.25) is 0 Å². The van der Waals surface area contributed by atoms with Crippen LogP contribution in [0.3, 0.4) is 0 Å². The second-order valence-corrected chi connectivity index (χ2v) is 13.3. The molecule has 0 atom stereocenters. The Labute approximate surface area is 246 Å². The first kappa shape index (κ1) is 25.5. The first-order valence-corrected chi connectivity index (χ1v) is 14.9. The van der Waals surface area contributed by atoms with Crippen LogP contribution >= 0.6 is 11.3 Å². The number of hydrogen-bond donors (Lipinski definition) is 0. The molecule has 1 aromatic heterocycles. The molecule has 0 N–H and O–H groups in total. The number of allylic oxidation sites excluding steroid dienone is 1. The topological polar surface area (TPSA) is 9.23 Å². The molecule has 0 spiro atoms. The van der Waals surface area contributed by atoms with Gasteiger partial charge in [0.05, 0.1) is 9.75 Å². The summed E-state index contributed by atoms with van der Waals surface area (Å²) in [7, 11) is 0. The molecule has 0 fully saturated rings. The van der Waals surface area contributed by atoms with Gasteiger partial charge >= 0.3 is 0 Å². The Kier molecular flexibility index (Phi) is 5.93. The third-order valence-electron chi connectivity index (χ3n) is 7.81. The average molecular weight is 547 g/mol. The molecule has 7 rings (SSSR count). The zero-order valence-electron chi connectivity index (χ0n) is 23.8. The maximum absolute atomic E-state index is 6.13. The lowest BCUT2D eigenvalue weighted by molar-refractivity contribution is 0.159. The van der Waals surface area contributed by atoms with Gasteiger partial charge in [-0.3, -0.25) is 0 Å². The Bertz CT molecular complexity index is 1910. The van der Waals surface area contributed by atoms with Crippen molar-refractivity contribution in [3.63, 3.8) is 0 Å². The molecule has 198 valence electrons. The Balaban J connectivity index is 1.10. The van der Waals surface area contributed by atoms with Gasteiger partial charge in [-0.05, 0) is 107 Å². The number of hydrogen-bond acceptors (Lipinski definition) is 2. The van der Waals surface area contributed by atoms with Gasteiger partial charge in [-0.1, -0.05) is 86.1 Å². The molecule has 4 aromatic carbocycles. The van der Waals surface area contributed by atoms with Gasteiger partial charge in [0.15, 0.2) is 0 Å². The SMILES string of the molecule is CC1(C)C=Cc2c(ccc3cc(C#Cc4ccc(C#Cc5ccc6c7c(ccc6c5)OC(C)(C)C=C7)s4)ccc23)C1. The Hall–Kier alpha value is -4.50. The van der Waals surface area contributed by atoms with Crippen molar-refractivity contribution in [3.05, 3.63) is 123 Å². The van der Waals surface area contributed by atoms with Crippen molar-refractivity contribution < 1.29 is 4.74 Å². The molecule has 2 aliphatic rings. The highest BCUT2D eigenvalue weighted by Gasteiger charge is 2.23. The van der Waals surface area contributed by atoms with Crippen LogP contribution < -0.4 is 4.74 Å². The van der Waals surface area contributed by atoms with Gasteiger partial charge in [-0.25, -0.2) is 0 Å². The van der Waals surface area contributed by atoms with Gasteiger partial charge in [-0.15, -0.1) is 11.3 Å². The van der Waals surface area contributed by atoms with Gasteiger partial charge in [-0.2, -0.15) is 0 Å². The maximum Gasteiger partial charge on any atom is 0.128 e. The molecule has 2 heterocycles. The zero-order chi connectivity index (χ0) is 28.2. The molecular weight excluding hydrogens is 516 g/mol. The van der Waals surface area contributed by atoms with E-state index in [4.69, 9.17) is 4.74 Å². The van der Waals surface area contributed by atoms with Gasteiger partial charge in [0.1, 0.15) is 11.4 Å². The van der Waals surface area contributed by atoms with E-state index >= 15 is 0 Å². The molecule has 0 amide bonds. The van der Waals surface area contributed by atoms with E-state index in [1.54, 1.807) is 11.3 Å². The fourth-order valence-electron chi connectivity index (χ4n) is 5.70. The maximum atomic E-state index is 6.13. The van der Waals surface area contributed by atoms with Gasteiger partial charge < -0.3 is 4.74 Å². The summed E-state index contributed by atoms with van der Waals surface area (Å²) in [6.07, 6.45) is 9.99. The number of fused-ring (bicyclic) bond motifs is 6. The first-order valence-electron chi connectivity index (χ1n) is 14.1. The van der Waals surface area contributed by atoms with E-state index < -0.39 is 0 Å².